The van der Waals surface area contributed by atoms with Gasteiger partial charge in [-0.15, -0.1) is 0 Å². The Morgan fingerprint density at radius 3 is 2.00 bits per heavy atom. The largest absolute Gasteiger partial charge is 0.314 e. The van der Waals surface area contributed by atoms with E-state index in [1.807, 2.05) is 0 Å². The van der Waals surface area contributed by atoms with Crippen molar-refractivity contribution in [2.75, 3.05) is 6.54 Å². The van der Waals surface area contributed by atoms with Crippen molar-refractivity contribution in [1.82, 2.24) is 5.32 Å². The van der Waals surface area contributed by atoms with Crippen LogP contribution in [0.1, 0.15) is 71.4 Å². The summed E-state index contributed by atoms with van der Waals surface area (Å²) in [6, 6.07) is 10.00. The van der Waals surface area contributed by atoms with Crippen molar-refractivity contribution >= 4 is 0 Å². The molecule has 2 rings (SSSR count). The summed E-state index contributed by atoms with van der Waals surface area (Å²) in [4.78, 5) is 0. The van der Waals surface area contributed by atoms with E-state index in [4.69, 9.17) is 0 Å². The lowest BCUT2D eigenvalue weighted by Gasteiger charge is -2.51. The number of hydrogen-bond donors (Lipinski definition) is 1. The van der Waals surface area contributed by atoms with Gasteiger partial charge in [0.2, 0.25) is 0 Å². The van der Waals surface area contributed by atoms with E-state index in [0.717, 1.165) is 18.4 Å². The van der Waals surface area contributed by atoms with Crippen LogP contribution in [0.15, 0.2) is 24.3 Å². The monoisotopic (exact) mass is 287 g/mol. The van der Waals surface area contributed by atoms with Gasteiger partial charge in [0.05, 0.1) is 0 Å². The van der Waals surface area contributed by atoms with Crippen LogP contribution in [-0.4, -0.2) is 12.6 Å². The van der Waals surface area contributed by atoms with E-state index in [9.17, 15) is 0 Å². The first-order chi connectivity index (χ1) is 9.84. The fraction of sp³-hybridized carbons (Fsp3) is 0.700. The lowest BCUT2D eigenvalue weighted by Crippen LogP contribution is -2.51. The van der Waals surface area contributed by atoms with Gasteiger partial charge >= 0.3 is 0 Å². The van der Waals surface area contributed by atoms with Gasteiger partial charge in [0.15, 0.2) is 0 Å². The van der Waals surface area contributed by atoms with Gasteiger partial charge in [-0.1, -0.05) is 65.8 Å². The Labute approximate surface area is 131 Å². The molecule has 1 fully saturated rings. The Balaban J connectivity index is 2.16. The molecule has 0 spiro atoms. The molecule has 0 bridgehead atoms. The highest BCUT2D eigenvalue weighted by atomic mass is 14.9. The van der Waals surface area contributed by atoms with Crippen LogP contribution in [0.25, 0.3) is 0 Å². The first kappa shape index (κ1) is 16.5. The molecule has 21 heavy (non-hydrogen) atoms. The van der Waals surface area contributed by atoms with Crippen LogP contribution in [-0.2, 0) is 5.41 Å². The first-order valence-corrected chi connectivity index (χ1v) is 8.68. The summed E-state index contributed by atoms with van der Waals surface area (Å²) < 4.78 is 0. The molecule has 1 nitrogen and oxygen atoms in total. The highest BCUT2D eigenvalue weighted by molar-refractivity contribution is 5.33. The van der Waals surface area contributed by atoms with Gasteiger partial charge in [-0.25, -0.2) is 0 Å². The van der Waals surface area contributed by atoms with Gasteiger partial charge in [-0.05, 0) is 41.7 Å². The molecule has 0 amide bonds. The van der Waals surface area contributed by atoms with Gasteiger partial charge in [0.25, 0.3) is 0 Å². The van der Waals surface area contributed by atoms with Crippen LogP contribution in [0, 0.1) is 11.8 Å². The fourth-order valence-electron chi connectivity index (χ4n) is 3.52. The molecule has 1 N–H and O–H groups in total. The number of nitrogens with one attached hydrogen (secondary N) is 1. The van der Waals surface area contributed by atoms with Gasteiger partial charge in [0.1, 0.15) is 0 Å². The molecule has 0 aromatic heterocycles. The molecule has 1 saturated carbocycles. The number of rotatable bonds is 6. The van der Waals surface area contributed by atoms with E-state index in [1.54, 1.807) is 0 Å². The summed E-state index contributed by atoms with van der Waals surface area (Å²) in [6.07, 6.45) is 2.68. The molecule has 1 aliphatic carbocycles. The second-order valence-corrected chi connectivity index (χ2v) is 8.00. The van der Waals surface area contributed by atoms with Crippen molar-refractivity contribution in [2.24, 2.45) is 11.8 Å². The quantitative estimate of drug-likeness (QED) is 0.766. The second kappa shape index (κ2) is 6.52. The molecular formula is C20H33N. The third-order valence-electron chi connectivity index (χ3n) is 5.29. The van der Waals surface area contributed by atoms with Crippen LogP contribution in [0.4, 0.5) is 0 Å². The topological polar surface area (TPSA) is 12.0 Å². The van der Waals surface area contributed by atoms with Gasteiger partial charge in [-0.3, -0.25) is 0 Å². The Kier molecular flexibility index (Phi) is 5.14. The van der Waals surface area contributed by atoms with Crippen molar-refractivity contribution in [3.63, 3.8) is 0 Å². The van der Waals surface area contributed by atoms with Crippen LogP contribution >= 0.6 is 0 Å². The minimum absolute atomic E-state index is 0.370. The Morgan fingerprint density at radius 1 is 1.00 bits per heavy atom. The molecule has 1 aromatic carbocycles. The summed E-state index contributed by atoms with van der Waals surface area (Å²) in [7, 11) is 0. The van der Waals surface area contributed by atoms with Crippen LogP contribution in [0.5, 0.6) is 0 Å². The lowest BCUT2D eigenvalue weighted by atomic mass is 9.55. The second-order valence-electron chi connectivity index (χ2n) is 8.00. The zero-order chi connectivity index (χ0) is 15.6. The third kappa shape index (κ3) is 3.69. The minimum atomic E-state index is 0.370. The lowest BCUT2D eigenvalue weighted by molar-refractivity contribution is 0.0958. The molecule has 1 heteroatoms. The summed E-state index contributed by atoms with van der Waals surface area (Å²) in [6.45, 7) is 14.9. The highest BCUT2D eigenvalue weighted by Gasteiger charge is 2.46. The van der Waals surface area contributed by atoms with Gasteiger partial charge in [-0.2, -0.15) is 0 Å². The summed E-state index contributed by atoms with van der Waals surface area (Å²) in [5.74, 6) is 2.32. The van der Waals surface area contributed by atoms with E-state index in [1.165, 1.54) is 24.0 Å². The van der Waals surface area contributed by atoms with Gasteiger partial charge in [0, 0.05) is 18.0 Å². The average Bonchev–Trinajstić information content (AvgIpc) is 2.37. The van der Waals surface area contributed by atoms with Crippen molar-refractivity contribution in [3.05, 3.63) is 35.4 Å². The van der Waals surface area contributed by atoms with Crippen LogP contribution < -0.4 is 5.32 Å². The molecule has 0 radical (unpaired) electrons. The summed E-state index contributed by atoms with van der Waals surface area (Å²) in [5.41, 5.74) is 3.36. The predicted octanol–water partition coefficient (Wildman–Crippen LogP) is 5.11. The van der Waals surface area contributed by atoms with E-state index in [2.05, 4.69) is 71.1 Å². The SMILES string of the molecule is CC(C)NCC1(c2ccc(C(C)C)cc2)CC(C(C)C)C1. The van der Waals surface area contributed by atoms with Gasteiger partial charge < -0.3 is 5.32 Å². The van der Waals surface area contributed by atoms with Crippen LogP contribution in [0.3, 0.4) is 0 Å². The summed E-state index contributed by atoms with van der Waals surface area (Å²) >= 11 is 0. The molecular weight excluding hydrogens is 254 g/mol. The zero-order valence-electron chi connectivity index (χ0n) is 14.7. The molecule has 0 aliphatic heterocycles. The fourth-order valence-corrected chi connectivity index (χ4v) is 3.52. The number of benzene rings is 1. The van der Waals surface area contributed by atoms with Crippen molar-refractivity contribution in [1.29, 1.82) is 0 Å². The smallest absolute Gasteiger partial charge is 0.00833 e. The van der Waals surface area contributed by atoms with Crippen molar-refractivity contribution in [2.45, 2.75) is 71.8 Å². The Morgan fingerprint density at radius 2 is 1.57 bits per heavy atom. The maximum Gasteiger partial charge on any atom is 0.00833 e. The first-order valence-electron chi connectivity index (χ1n) is 8.68. The Bertz CT molecular complexity index is 430. The van der Waals surface area contributed by atoms with E-state index in [-0.39, 0.29) is 0 Å². The molecule has 1 aromatic rings. The number of hydrogen-bond acceptors (Lipinski definition) is 1. The normalized spacial score (nSPS) is 25.7. The molecule has 0 heterocycles. The maximum atomic E-state index is 3.68. The molecule has 1 aliphatic rings. The average molecular weight is 287 g/mol. The minimum Gasteiger partial charge on any atom is -0.314 e. The highest BCUT2D eigenvalue weighted by Crippen LogP contribution is 2.50. The summed E-state index contributed by atoms with van der Waals surface area (Å²) in [5, 5.41) is 3.68. The van der Waals surface area contributed by atoms with E-state index >= 15 is 0 Å². The van der Waals surface area contributed by atoms with Crippen molar-refractivity contribution in [3.8, 4) is 0 Å². The zero-order valence-corrected chi connectivity index (χ0v) is 14.7. The molecule has 118 valence electrons. The maximum absolute atomic E-state index is 3.68. The predicted molar refractivity (Wildman–Crippen MR) is 92.9 cm³/mol. The van der Waals surface area contributed by atoms with Crippen molar-refractivity contribution < 1.29 is 0 Å². The molecule has 0 saturated heterocycles. The Hall–Kier alpha value is -0.820. The van der Waals surface area contributed by atoms with Crippen LogP contribution in [0.2, 0.25) is 0 Å². The third-order valence-corrected chi connectivity index (χ3v) is 5.29. The standard InChI is InChI=1S/C20H33N/c1-14(2)17-7-9-19(10-8-17)20(13-21-16(5)6)11-18(12-20)15(3)4/h7-10,14-16,18,21H,11-13H2,1-6H3. The molecule has 0 atom stereocenters. The van der Waals surface area contributed by atoms with E-state index < -0.39 is 0 Å². The van der Waals surface area contributed by atoms with E-state index in [0.29, 0.717) is 17.4 Å². The molecule has 0 unspecified atom stereocenters.